The van der Waals surface area contributed by atoms with E-state index in [-0.39, 0.29) is 5.91 Å². The molecule has 1 aromatic heterocycles. The second-order valence-corrected chi connectivity index (χ2v) is 7.48. The van der Waals surface area contributed by atoms with Gasteiger partial charge in [0.15, 0.2) is 10.7 Å². The van der Waals surface area contributed by atoms with Crippen molar-refractivity contribution >= 4 is 34.3 Å². The largest absolute Gasteiger partial charge is 0.436 e. The Morgan fingerprint density at radius 1 is 1.12 bits per heavy atom. The summed E-state index contributed by atoms with van der Waals surface area (Å²) in [6, 6.07) is 15.6. The van der Waals surface area contributed by atoms with Crippen LogP contribution in [0.2, 0.25) is 0 Å². The van der Waals surface area contributed by atoms with Gasteiger partial charge in [-0.1, -0.05) is 45.0 Å². The Kier molecular flexibility index (Phi) is 5.04. The molecule has 5 nitrogen and oxygen atoms in total. The predicted octanol–water partition coefficient (Wildman–Crippen LogP) is 4.03. The highest BCUT2D eigenvalue weighted by atomic mass is 32.1. The Morgan fingerprint density at radius 2 is 1.81 bits per heavy atom. The number of hydrogen-bond acceptors (Lipinski definition) is 4. The minimum atomic E-state index is -0.479. The number of rotatable bonds is 3. The number of para-hydroxylation sites is 2. The van der Waals surface area contributed by atoms with Crippen LogP contribution in [0.3, 0.4) is 0 Å². The van der Waals surface area contributed by atoms with Gasteiger partial charge in [0.25, 0.3) is 0 Å². The Bertz CT molecular complexity index is 907. The van der Waals surface area contributed by atoms with E-state index in [9.17, 15) is 4.79 Å². The fourth-order valence-corrected chi connectivity index (χ4v) is 2.44. The molecule has 0 bridgehead atoms. The first-order valence-corrected chi connectivity index (χ1v) is 8.78. The zero-order valence-corrected chi connectivity index (χ0v) is 15.8. The number of nitrogens with one attached hydrogen (secondary N) is 2. The van der Waals surface area contributed by atoms with Crippen molar-refractivity contribution in [2.24, 2.45) is 5.41 Å². The van der Waals surface area contributed by atoms with Crippen molar-refractivity contribution in [2.45, 2.75) is 27.3 Å². The van der Waals surface area contributed by atoms with E-state index in [1.807, 2.05) is 69.3 Å². The standard InChI is InChI=1S/C20H21N3O2S/c1-20(2,3)18(24)23-19(26)21-12-13-8-10-14(11-9-13)17-22-15-6-4-5-7-16(15)25-17/h4-11H,12H2,1-3H3,(H2,21,23,24,26). The van der Waals surface area contributed by atoms with Crippen molar-refractivity contribution in [1.29, 1.82) is 0 Å². The predicted molar refractivity (Wildman–Crippen MR) is 106 cm³/mol. The summed E-state index contributed by atoms with van der Waals surface area (Å²) in [5.41, 5.74) is 3.08. The average molecular weight is 367 g/mol. The molecule has 6 heteroatoms. The maximum Gasteiger partial charge on any atom is 0.231 e. The molecule has 26 heavy (non-hydrogen) atoms. The van der Waals surface area contributed by atoms with Gasteiger partial charge in [-0.15, -0.1) is 0 Å². The lowest BCUT2D eigenvalue weighted by Crippen LogP contribution is -2.44. The number of carbonyl (C=O) groups excluding carboxylic acids is 1. The number of oxazole rings is 1. The van der Waals surface area contributed by atoms with Crippen molar-refractivity contribution in [3.8, 4) is 11.5 Å². The third-order valence-corrected chi connectivity index (χ3v) is 4.10. The third-order valence-electron chi connectivity index (χ3n) is 3.86. The van der Waals surface area contributed by atoms with Gasteiger partial charge < -0.3 is 15.1 Å². The number of benzene rings is 2. The van der Waals surface area contributed by atoms with Crippen LogP contribution in [0.25, 0.3) is 22.6 Å². The van der Waals surface area contributed by atoms with Crippen molar-refractivity contribution in [2.75, 3.05) is 0 Å². The second-order valence-electron chi connectivity index (χ2n) is 7.07. The molecular weight excluding hydrogens is 346 g/mol. The fraction of sp³-hybridized carbons (Fsp3) is 0.250. The minimum absolute atomic E-state index is 0.110. The summed E-state index contributed by atoms with van der Waals surface area (Å²) in [4.78, 5) is 16.4. The van der Waals surface area contributed by atoms with E-state index >= 15 is 0 Å². The third kappa shape index (κ3) is 4.26. The number of hydrogen-bond donors (Lipinski definition) is 2. The van der Waals surface area contributed by atoms with Crippen LogP contribution < -0.4 is 10.6 Å². The molecule has 0 saturated heterocycles. The summed E-state index contributed by atoms with van der Waals surface area (Å²) >= 11 is 5.17. The van der Waals surface area contributed by atoms with Crippen LogP contribution in [0.1, 0.15) is 26.3 Å². The number of carbonyl (C=O) groups is 1. The molecule has 0 atom stereocenters. The summed E-state index contributed by atoms with van der Waals surface area (Å²) in [7, 11) is 0. The molecule has 0 fully saturated rings. The highest BCUT2D eigenvalue weighted by Crippen LogP contribution is 2.24. The Hall–Kier alpha value is -2.73. The Labute approximate surface area is 157 Å². The van der Waals surface area contributed by atoms with Gasteiger partial charge in [0, 0.05) is 17.5 Å². The van der Waals surface area contributed by atoms with Gasteiger partial charge in [0.05, 0.1) is 0 Å². The molecule has 0 saturated carbocycles. The topological polar surface area (TPSA) is 67.2 Å². The van der Waals surface area contributed by atoms with Gasteiger partial charge in [0.1, 0.15) is 5.52 Å². The lowest BCUT2D eigenvalue weighted by atomic mass is 9.96. The molecule has 0 aliphatic carbocycles. The number of thiocarbonyl (C=S) groups is 1. The van der Waals surface area contributed by atoms with Gasteiger partial charge in [-0.05, 0) is 42.0 Å². The molecule has 2 N–H and O–H groups in total. The molecule has 3 aromatic rings. The van der Waals surface area contributed by atoms with Gasteiger partial charge in [-0.2, -0.15) is 0 Å². The highest BCUT2D eigenvalue weighted by molar-refractivity contribution is 7.80. The number of amides is 1. The molecule has 0 spiro atoms. The maximum atomic E-state index is 11.9. The lowest BCUT2D eigenvalue weighted by molar-refractivity contribution is -0.126. The van der Waals surface area contributed by atoms with Crippen LogP contribution in [-0.2, 0) is 11.3 Å². The van der Waals surface area contributed by atoms with Gasteiger partial charge >= 0.3 is 0 Å². The Morgan fingerprint density at radius 3 is 2.46 bits per heavy atom. The van der Waals surface area contributed by atoms with E-state index in [0.717, 1.165) is 22.2 Å². The first-order chi connectivity index (χ1) is 12.3. The van der Waals surface area contributed by atoms with Crippen LogP contribution in [0.15, 0.2) is 52.9 Å². The normalized spacial score (nSPS) is 11.3. The summed E-state index contributed by atoms with van der Waals surface area (Å²) in [5, 5.41) is 6.07. The molecule has 0 aliphatic heterocycles. The number of aromatic nitrogens is 1. The fourth-order valence-electron chi connectivity index (χ4n) is 2.28. The molecule has 0 unspecified atom stereocenters. The van der Waals surface area contributed by atoms with Crippen molar-refractivity contribution in [1.82, 2.24) is 15.6 Å². The average Bonchev–Trinajstić information content (AvgIpc) is 3.03. The van der Waals surface area contributed by atoms with Gasteiger partial charge in [-0.3, -0.25) is 4.79 Å². The number of nitrogens with zero attached hydrogens (tertiary/aromatic N) is 1. The van der Waals surface area contributed by atoms with E-state index in [2.05, 4.69) is 15.6 Å². The first-order valence-electron chi connectivity index (χ1n) is 8.37. The van der Waals surface area contributed by atoms with Crippen molar-refractivity contribution < 1.29 is 9.21 Å². The smallest absolute Gasteiger partial charge is 0.231 e. The molecule has 1 amide bonds. The zero-order valence-electron chi connectivity index (χ0n) is 15.0. The summed E-state index contributed by atoms with van der Waals surface area (Å²) in [5.74, 6) is 0.486. The van der Waals surface area contributed by atoms with Crippen LogP contribution in [0.4, 0.5) is 0 Å². The van der Waals surface area contributed by atoms with Gasteiger partial charge in [-0.25, -0.2) is 4.98 Å². The van der Waals surface area contributed by atoms with E-state index < -0.39 is 5.41 Å². The van der Waals surface area contributed by atoms with E-state index in [1.165, 1.54) is 0 Å². The Balaban J connectivity index is 1.61. The maximum absolute atomic E-state index is 11.9. The molecule has 3 rings (SSSR count). The van der Waals surface area contributed by atoms with E-state index in [0.29, 0.717) is 17.5 Å². The first kappa shape index (κ1) is 18.1. The van der Waals surface area contributed by atoms with E-state index in [1.54, 1.807) is 0 Å². The highest BCUT2D eigenvalue weighted by Gasteiger charge is 2.21. The summed E-state index contributed by atoms with van der Waals surface area (Å²) in [6.45, 7) is 6.05. The summed E-state index contributed by atoms with van der Waals surface area (Å²) < 4.78 is 5.77. The second kappa shape index (κ2) is 7.25. The van der Waals surface area contributed by atoms with Crippen LogP contribution >= 0.6 is 12.2 Å². The van der Waals surface area contributed by atoms with Gasteiger partial charge in [0.2, 0.25) is 11.8 Å². The van der Waals surface area contributed by atoms with Crippen LogP contribution in [-0.4, -0.2) is 16.0 Å². The van der Waals surface area contributed by atoms with Crippen LogP contribution in [0, 0.1) is 5.41 Å². The monoisotopic (exact) mass is 367 g/mol. The minimum Gasteiger partial charge on any atom is -0.436 e. The quantitative estimate of drug-likeness (QED) is 0.684. The molecule has 2 aromatic carbocycles. The molecule has 0 aliphatic rings. The van der Waals surface area contributed by atoms with Crippen molar-refractivity contribution in [3.63, 3.8) is 0 Å². The summed E-state index contributed by atoms with van der Waals surface area (Å²) in [6.07, 6.45) is 0. The molecule has 134 valence electrons. The van der Waals surface area contributed by atoms with Crippen LogP contribution in [0.5, 0.6) is 0 Å². The zero-order chi connectivity index (χ0) is 18.7. The SMILES string of the molecule is CC(C)(C)C(=O)NC(=S)NCc1ccc(-c2nc3ccccc3o2)cc1. The lowest BCUT2D eigenvalue weighted by Gasteiger charge is -2.18. The molecule has 1 heterocycles. The molecule has 0 radical (unpaired) electrons. The number of fused-ring (bicyclic) bond motifs is 1. The molecular formula is C20H21N3O2S. The van der Waals surface area contributed by atoms with E-state index in [4.69, 9.17) is 16.6 Å². The van der Waals surface area contributed by atoms with Crippen molar-refractivity contribution in [3.05, 3.63) is 54.1 Å².